The first kappa shape index (κ1) is 24.3. The predicted octanol–water partition coefficient (Wildman–Crippen LogP) is 1.37. The number of sulfone groups is 1. The van der Waals surface area contributed by atoms with E-state index in [0.29, 0.717) is 11.3 Å². The number of carbonyl (C=O) groups excluding carboxylic acids is 5. The molecule has 0 aliphatic carbocycles. The lowest BCUT2D eigenvalue weighted by atomic mass is 10.1. The summed E-state index contributed by atoms with van der Waals surface area (Å²) in [6, 6.07) is 11.2. The number of nitrogens with zero attached hydrogens (tertiary/aromatic N) is 2. The van der Waals surface area contributed by atoms with Gasteiger partial charge < -0.3 is 5.32 Å². The quantitative estimate of drug-likeness (QED) is 0.544. The maximum atomic E-state index is 13.2. The number of rotatable bonds is 8. The fraction of sp³-hybridized carbons (Fsp3) is 0.292. The first-order chi connectivity index (χ1) is 16.5. The minimum absolute atomic E-state index is 0.123. The molecule has 1 N–H and O–H groups in total. The van der Waals surface area contributed by atoms with Gasteiger partial charge in [0.2, 0.25) is 17.7 Å². The fourth-order valence-electron chi connectivity index (χ4n) is 4.09. The highest BCUT2D eigenvalue weighted by Gasteiger charge is 2.42. The minimum atomic E-state index is -3.47. The molecule has 2 aromatic rings. The van der Waals surface area contributed by atoms with Gasteiger partial charge in [-0.1, -0.05) is 24.3 Å². The fourth-order valence-corrected chi connectivity index (χ4v) is 4.75. The van der Waals surface area contributed by atoms with Crippen LogP contribution in [0, 0.1) is 0 Å². The zero-order valence-corrected chi connectivity index (χ0v) is 19.7. The summed E-state index contributed by atoms with van der Waals surface area (Å²) in [4.78, 5) is 64.6. The molecule has 2 heterocycles. The van der Waals surface area contributed by atoms with Gasteiger partial charge in [-0.15, -0.1) is 0 Å². The van der Waals surface area contributed by atoms with Gasteiger partial charge in [0.15, 0.2) is 0 Å². The first-order valence-electron chi connectivity index (χ1n) is 10.9. The molecule has 4 rings (SSSR count). The maximum Gasteiger partial charge on any atom is 0.262 e. The second kappa shape index (κ2) is 9.41. The molecule has 2 aliphatic rings. The molecule has 5 amide bonds. The molecule has 2 aromatic carbocycles. The molecule has 0 aromatic heterocycles. The van der Waals surface area contributed by atoms with Crippen LogP contribution in [0.2, 0.25) is 0 Å². The van der Waals surface area contributed by atoms with Crippen molar-refractivity contribution in [3.8, 4) is 0 Å². The van der Waals surface area contributed by atoms with E-state index in [4.69, 9.17) is 0 Å². The Balaban J connectivity index is 1.52. The molecule has 1 atom stereocenters. The van der Waals surface area contributed by atoms with Crippen molar-refractivity contribution in [2.24, 2.45) is 0 Å². The van der Waals surface area contributed by atoms with E-state index in [1.807, 2.05) is 0 Å². The van der Waals surface area contributed by atoms with Crippen LogP contribution in [0.1, 0.15) is 45.5 Å². The van der Waals surface area contributed by atoms with Crippen LogP contribution >= 0.6 is 0 Å². The van der Waals surface area contributed by atoms with Crippen LogP contribution < -0.4 is 5.32 Å². The van der Waals surface area contributed by atoms with E-state index in [1.54, 1.807) is 36.4 Å². The van der Waals surface area contributed by atoms with Crippen molar-refractivity contribution >= 4 is 45.1 Å². The number of likely N-dealkylation sites (tertiary alicyclic amines) is 1. The molecule has 35 heavy (non-hydrogen) atoms. The van der Waals surface area contributed by atoms with Crippen molar-refractivity contribution < 1.29 is 32.4 Å². The molecule has 11 heteroatoms. The maximum absolute atomic E-state index is 13.2. The number of nitrogens with one attached hydrogen (secondary N) is 1. The summed E-state index contributed by atoms with van der Waals surface area (Å²) in [6.45, 7) is 0.123. The van der Waals surface area contributed by atoms with Gasteiger partial charge in [0.1, 0.15) is 15.9 Å². The number of benzene rings is 2. The third-order valence-electron chi connectivity index (χ3n) is 5.92. The van der Waals surface area contributed by atoms with Crippen LogP contribution in [0.4, 0.5) is 5.69 Å². The Bertz CT molecular complexity index is 1280. The van der Waals surface area contributed by atoms with Crippen LogP contribution in [0.25, 0.3) is 0 Å². The molecular weight excluding hydrogens is 474 g/mol. The van der Waals surface area contributed by atoms with E-state index >= 15 is 0 Å². The van der Waals surface area contributed by atoms with Crippen molar-refractivity contribution in [1.82, 2.24) is 9.80 Å². The van der Waals surface area contributed by atoms with Gasteiger partial charge >= 0.3 is 0 Å². The second-order valence-corrected chi connectivity index (χ2v) is 10.8. The highest BCUT2D eigenvalue weighted by molar-refractivity contribution is 7.90. The van der Waals surface area contributed by atoms with Crippen LogP contribution in [0.3, 0.4) is 0 Å². The van der Waals surface area contributed by atoms with Crippen LogP contribution in [0.15, 0.2) is 48.5 Å². The van der Waals surface area contributed by atoms with Crippen molar-refractivity contribution in [2.75, 3.05) is 17.3 Å². The molecule has 10 nitrogen and oxygen atoms in total. The molecule has 0 saturated carbocycles. The summed E-state index contributed by atoms with van der Waals surface area (Å²) in [7, 11) is -3.47. The number of imide groups is 2. The molecule has 0 spiro atoms. The number of carbonyl (C=O) groups is 5. The highest BCUT2D eigenvalue weighted by Crippen LogP contribution is 2.27. The number of anilines is 1. The SMILES string of the molecule is CS(=O)(=O)CCC(C(=O)Nc1ccc(CN2C(=O)CCC2=O)cc1)N1C(=O)c2ccccc2C1=O. The number of hydrogen-bond donors (Lipinski definition) is 1. The average molecular weight is 498 g/mol. The largest absolute Gasteiger partial charge is 0.324 e. The van der Waals surface area contributed by atoms with E-state index in [2.05, 4.69) is 5.32 Å². The zero-order chi connectivity index (χ0) is 25.3. The monoisotopic (exact) mass is 497 g/mol. The van der Waals surface area contributed by atoms with Crippen molar-refractivity contribution in [3.63, 3.8) is 0 Å². The summed E-state index contributed by atoms with van der Waals surface area (Å²) >= 11 is 0. The van der Waals surface area contributed by atoms with Gasteiger partial charge in [-0.3, -0.25) is 33.8 Å². The Morgan fingerprint density at radius 2 is 1.46 bits per heavy atom. The Morgan fingerprint density at radius 3 is 1.97 bits per heavy atom. The third kappa shape index (κ3) is 5.14. The molecule has 0 bridgehead atoms. The molecule has 0 radical (unpaired) electrons. The van der Waals surface area contributed by atoms with Crippen molar-refractivity contribution in [2.45, 2.75) is 31.8 Å². The Kier molecular flexibility index (Phi) is 6.53. The molecule has 1 unspecified atom stereocenters. The van der Waals surface area contributed by atoms with E-state index in [1.165, 1.54) is 17.0 Å². The molecule has 2 aliphatic heterocycles. The lowest BCUT2D eigenvalue weighted by molar-refractivity contribution is -0.139. The topological polar surface area (TPSA) is 138 Å². The van der Waals surface area contributed by atoms with Crippen molar-refractivity contribution in [1.29, 1.82) is 0 Å². The van der Waals surface area contributed by atoms with Crippen LogP contribution in [-0.2, 0) is 30.8 Å². The Hall–Kier alpha value is -3.86. The zero-order valence-electron chi connectivity index (χ0n) is 18.9. The van der Waals surface area contributed by atoms with Gasteiger partial charge in [0.05, 0.1) is 23.4 Å². The molecule has 1 saturated heterocycles. The lowest BCUT2D eigenvalue weighted by Gasteiger charge is -2.25. The third-order valence-corrected chi connectivity index (χ3v) is 6.90. The first-order valence-corrected chi connectivity index (χ1v) is 13.0. The summed E-state index contributed by atoms with van der Waals surface area (Å²) in [6.07, 6.45) is 1.14. The Morgan fingerprint density at radius 1 is 0.914 bits per heavy atom. The van der Waals surface area contributed by atoms with Gasteiger partial charge in [-0.2, -0.15) is 0 Å². The summed E-state index contributed by atoms with van der Waals surface area (Å²) in [5.41, 5.74) is 1.34. The van der Waals surface area contributed by atoms with Gasteiger partial charge in [0.25, 0.3) is 11.8 Å². The highest BCUT2D eigenvalue weighted by atomic mass is 32.2. The summed E-state index contributed by atoms with van der Waals surface area (Å²) in [5.74, 6) is -2.89. The molecule has 182 valence electrons. The standard InChI is InChI=1S/C24H23N3O7S/c1-35(33,34)13-12-19(27-23(31)17-4-2-3-5-18(17)24(27)32)22(30)25-16-8-6-15(7-9-16)14-26-20(28)10-11-21(26)29/h2-9,19H,10-14H2,1H3,(H,25,30). The molecular formula is C24H23N3O7S. The van der Waals surface area contributed by atoms with Gasteiger partial charge in [-0.25, -0.2) is 8.42 Å². The smallest absolute Gasteiger partial charge is 0.262 e. The number of fused-ring (bicyclic) bond motifs is 1. The van der Waals surface area contributed by atoms with Gasteiger partial charge in [0, 0.05) is 24.8 Å². The average Bonchev–Trinajstić information content (AvgIpc) is 3.26. The van der Waals surface area contributed by atoms with E-state index < -0.39 is 39.4 Å². The molecule has 1 fully saturated rings. The van der Waals surface area contributed by atoms with Crippen LogP contribution in [0.5, 0.6) is 0 Å². The van der Waals surface area contributed by atoms with E-state index in [-0.39, 0.29) is 48.7 Å². The lowest BCUT2D eigenvalue weighted by Crippen LogP contribution is -2.48. The van der Waals surface area contributed by atoms with Gasteiger partial charge in [-0.05, 0) is 36.2 Å². The Labute approximate surface area is 201 Å². The number of amides is 5. The van der Waals surface area contributed by atoms with E-state index in [9.17, 15) is 32.4 Å². The minimum Gasteiger partial charge on any atom is -0.324 e. The number of hydrogen-bond acceptors (Lipinski definition) is 7. The van der Waals surface area contributed by atoms with Crippen LogP contribution in [-0.4, -0.2) is 65.8 Å². The van der Waals surface area contributed by atoms with Crippen molar-refractivity contribution in [3.05, 3.63) is 65.2 Å². The normalized spacial score (nSPS) is 16.6. The van der Waals surface area contributed by atoms with E-state index in [0.717, 1.165) is 11.2 Å². The second-order valence-electron chi connectivity index (χ2n) is 8.52. The summed E-state index contributed by atoms with van der Waals surface area (Å²) in [5, 5.41) is 2.63. The predicted molar refractivity (Wildman–Crippen MR) is 125 cm³/mol. The summed E-state index contributed by atoms with van der Waals surface area (Å²) < 4.78 is 23.5.